The number of aromatic nitrogens is 4. The molecule has 1 aromatic carbocycles. The number of nitrogens with one attached hydrogen (secondary N) is 1. The number of hydrogen-bond acceptors (Lipinski definition) is 7. The van der Waals surface area contributed by atoms with Gasteiger partial charge in [0.1, 0.15) is 30.5 Å². The largest absolute Gasteiger partial charge is 0.447 e. The molecule has 2 aromatic heterocycles. The first-order chi connectivity index (χ1) is 16.5. The molecule has 8 nitrogen and oxygen atoms in total. The van der Waals surface area contributed by atoms with E-state index >= 15 is 0 Å². The predicted molar refractivity (Wildman–Crippen MR) is 120 cm³/mol. The molecular formula is C22H19ClF4N6O2. The fourth-order valence-corrected chi connectivity index (χ4v) is 3.71. The highest BCUT2D eigenvalue weighted by Crippen LogP contribution is 2.37. The number of cyclic esters (lactones) is 1. The lowest BCUT2D eigenvalue weighted by Crippen LogP contribution is -2.39. The number of halogens is 5. The van der Waals surface area contributed by atoms with E-state index < -0.39 is 41.1 Å². The van der Waals surface area contributed by atoms with Crippen molar-refractivity contribution < 1.29 is 27.1 Å². The van der Waals surface area contributed by atoms with Gasteiger partial charge in [0.15, 0.2) is 0 Å². The van der Waals surface area contributed by atoms with Crippen LogP contribution in [0.2, 0.25) is 5.02 Å². The minimum atomic E-state index is -4.59. The minimum Gasteiger partial charge on any atom is -0.447 e. The smallest absolute Gasteiger partial charge is 0.417 e. The van der Waals surface area contributed by atoms with Crippen molar-refractivity contribution >= 4 is 29.5 Å². The third-order valence-electron chi connectivity index (χ3n) is 5.33. The highest BCUT2D eigenvalue weighted by atomic mass is 35.5. The molecule has 13 heteroatoms. The lowest BCUT2D eigenvalue weighted by molar-refractivity contribution is -0.137. The second-order valence-electron chi connectivity index (χ2n) is 7.82. The molecule has 1 aliphatic rings. The number of ether oxygens (including phenoxy) is 1. The summed E-state index contributed by atoms with van der Waals surface area (Å²) in [6.45, 7) is 2.97. The standard InChI is InChI=1S/C22H19ClF4N6O2/c1-11(24)17-10-35-21(34)33(17)18-5-6-28-20(32-18)31-12(2)19-29-8-14(9-30-19)13-3-4-16(23)15(7-13)22(25,26)27/h3-9,11-12,17H,10H2,1-2H3,(H,28,31,32)/t11-,12-,17+/m0/s1. The van der Waals surface area contributed by atoms with Gasteiger partial charge in [-0.3, -0.25) is 4.90 Å². The summed E-state index contributed by atoms with van der Waals surface area (Å²) in [7, 11) is 0. The van der Waals surface area contributed by atoms with Crippen LogP contribution in [0.1, 0.15) is 31.3 Å². The Balaban J connectivity index is 1.50. The third-order valence-corrected chi connectivity index (χ3v) is 5.66. The molecule has 1 fully saturated rings. The molecule has 184 valence electrons. The average Bonchev–Trinajstić information content (AvgIpc) is 3.20. The highest BCUT2D eigenvalue weighted by molar-refractivity contribution is 6.31. The van der Waals surface area contributed by atoms with Crippen LogP contribution in [0, 0.1) is 0 Å². The van der Waals surface area contributed by atoms with E-state index in [0.717, 1.165) is 11.0 Å². The van der Waals surface area contributed by atoms with E-state index in [1.54, 1.807) is 6.92 Å². The summed E-state index contributed by atoms with van der Waals surface area (Å²) in [6, 6.07) is 3.72. The Morgan fingerprint density at radius 3 is 2.51 bits per heavy atom. The molecule has 0 saturated carbocycles. The summed E-state index contributed by atoms with van der Waals surface area (Å²) in [6.07, 6.45) is -2.41. The van der Waals surface area contributed by atoms with Crippen molar-refractivity contribution in [1.82, 2.24) is 19.9 Å². The maximum Gasteiger partial charge on any atom is 0.417 e. The van der Waals surface area contributed by atoms with Gasteiger partial charge in [-0.15, -0.1) is 0 Å². The van der Waals surface area contributed by atoms with Crippen molar-refractivity contribution in [2.24, 2.45) is 0 Å². The maximum absolute atomic E-state index is 13.9. The van der Waals surface area contributed by atoms with Gasteiger partial charge < -0.3 is 10.1 Å². The molecule has 0 radical (unpaired) electrons. The summed E-state index contributed by atoms with van der Waals surface area (Å²) < 4.78 is 58.3. The van der Waals surface area contributed by atoms with Gasteiger partial charge in [-0.2, -0.15) is 18.2 Å². The minimum absolute atomic E-state index is 0.0854. The van der Waals surface area contributed by atoms with Crippen LogP contribution in [0.3, 0.4) is 0 Å². The molecule has 3 heterocycles. The van der Waals surface area contributed by atoms with E-state index in [2.05, 4.69) is 25.3 Å². The summed E-state index contributed by atoms with van der Waals surface area (Å²) in [5.74, 6) is 0.634. The van der Waals surface area contributed by atoms with Gasteiger partial charge in [0.05, 0.1) is 16.6 Å². The number of benzene rings is 1. The normalized spacial score (nSPS) is 17.7. The zero-order chi connectivity index (χ0) is 25.3. The summed E-state index contributed by atoms with van der Waals surface area (Å²) in [5.41, 5.74) is -0.307. The topological polar surface area (TPSA) is 93.1 Å². The molecule has 0 aliphatic carbocycles. The van der Waals surface area contributed by atoms with E-state index in [4.69, 9.17) is 16.3 Å². The maximum atomic E-state index is 13.9. The van der Waals surface area contributed by atoms with E-state index in [1.165, 1.54) is 43.7 Å². The Hall–Kier alpha value is -3.54. The monoisotopic (exact) mass is 510 g/mol. The van der Waals surface area contributed by atoms with Crippen molar-refractivity contribution in [2.75, 3.05) is 16.8 Å². The van der Waals surface area contributed by atoms with Crippen molar-refractivity contribution in [2.45, 2.75) is 38.3 Å². The molecule has 35 heavy (non-hydrogen) atoms. The van der Waals surface area contributed by atoms with Gasteiger partial charge in [0.2, 0.25) is 5.95 Å². The first-order valence-electron chi connectivity index (χ1n) is 10.4. The molecule has 1 N–H and O–H groups in total. The van der Waals surface area contributed by atoms with Gasteiger partial charge in [-0.05, 0) is 37.6 Å². The Bertz CT molecular complexity index is 1230. The van der Waals surface area contributed by atoms with Crippen LogP contribution < -0.4 is 10.2 Å². The van der Waals surface area contributed by atoms with E-state index in [9.17, 15) is 22.4 Å². The second-order valence-corrected chi connectivity index (χ2v) is 8.23. The average molecular weight is 511 g/mol. The number of hydrogen-bond donors (Lipinski definition) is 1. The lowest BCUT2D eigenvalue weighted by atomic mass is 10.1. The first-order valence-corrected chi connectivity index (χ1v) is 10.8. The zero-order valence-corrected chi connectivity index (χ0v) is 19.2. The van der Waals surface area contributed by atoms with Crippen LogP contribution in [0.15, 0.2) is 42.9 Å². The Morgan fingerprint density at radius 2 is 1.86 bits per heavy atom. The number of alkyl halides is 4. The lowest BCUT2D eigenvalue weighted by Gasteiger charge is -2.22. The van der Waals surface area contributed by atoms with Gasteiger partial charge in [0, 0.05) is 24.2 Å². The summed E-state index contributed by atoms with van der Waals surface area (Å²) >= 11 is 5.68. The van der Waals surface area contributed by atoms with Crippen LogP contribution in [0.25, 0.3) is 11.1 Å². The number of anilines is 2. The number of nitrogens with zero attached hydrogens (tertiary/aromatic N) is 5. The quantitative estimate of drug-likeness (QED) is 0.440. The van der Waals surface area contributed by atoms with Crippen molar-refractivity contribution in [3.05, 3.63) is 59.3 Å². The molecule has 4 rings (SSSR count). The number of rotatable bonds is 6. The van der Waals surface area contributed by atoms with Gasteiger partial charge in [-0.1, -0.05) is 17.7 Å². The Morgan fingerprint density at radius 1 is 1.14 bits per heavy atom. The van der Waals surface area contributed by atoms with E-state index in [1.807, 2.05) is 0 Å². The van der Waals surface area contributed by atoms with Crippen LogP contribution in [-0.2, 0) is 10.9 Å². The van der Waals surface area contributed by atoms with Crippen LogP contribution in [-0.4, -0.2) is 44.8 Å². The molecule has 1 amide bonds. The van der Waals surface area contributed by atoms with Crippen LogP contribution in [0.4, 0.5) is 34.1 Å². The summed E-state index contributed by atoms with van der Waals surface area (Å²) in [5, 5.41) is 2.60. The second kappa shape index (κ2) is 9.61. The fraction of sp³-hybridized carbons (Fsp3) is 0.318. The van der Waals surface area contributed by atoms with Gasteiger partial charge in [0.25, 0.3) is 0 Å². The number of carbonyl (C=O) groups excluding carboxylic acids is 1. The fourth-order valence-electron chi connectivity index (χ4n) is 3.48. The first kappa shape index (κ1) is 24.6. The number of amides is 1. The molecule has 0 spiro atoms. The molecule has 3 atom stereocenters. The predicted octanol–water partition coefficient (Wildman–Crippen LogP) is 5.46. The SMILES string of the molecule is C[C@H](Nc1nccc(N2C(=O)OC[C@@H]2[C@H](C)F)n1)c1ncc(-c2ccc(Cl)c(C(F)(F)F)c2)cn1. The van der Waals surface area contributed by atoms with Crippen molar-refractivity contribution in [3.63, 3.8) is 0 Å². The van der Waals surface area contributed by atoms with E-state index in [-0.39, 0.29) is 23.9 Å². The molecular weight excluding hydrogens is 492 g/mol. The Labute approximate surface area is 202 Å². The van der Waals surface area contributed by atoms with Gasteiger partial charge >= 0.3 is 12.3 Å². The third kappa shape index (κ3) is 5.26. The summed E-state index contributed by atoms with van der Waals surface area (Å²) in [4.78, 5) is 30.0. The molecule has 0 unspecified atom stereocenters. The highest BCUT2D eigenvalue weighted by Gasteiger charge is 2.39. The Kier molecular flexibility index (Phi) is 6.75. The van der Waals surface area contributed by atoms with Gasteiger partial charge in [-0.25, -0.2) is 24.1 Å². The molecule has 1 saturated heterocycles. The molecule has 1 aliphatic heterocycles. The molecule has 0 bridgehead atoms. The molecule has 3 aromatic rings. The van der Waals surface area contributed by atoms with Crippen LogP contribution in [0.5, 0.6) is 0 Å². The zero-order valence-electron chi connectivity index (χ0n) is 18.4. The van der Waals surface area contributed by atoms with Crippen LogP contribution >= 0.6 is 11.6 Å². The number of carbonyl (C=O) groups is 1. The van der Waals surface area contributed by atoms with E-state index in [0.29, 0.717) is 11.4 Å². The van der Waals surface area contributed by atoms with Crippen molar-refractivity contribution in [3.8, 4) is 11.1 Å². The van der Waals surface area contributed by atoms with Crippen molar-refractivity contribution in [1.29, 1.82) is 0 Å².